The van der Waals surface area contributed by atoms with Crippen LogP contribution in [0.2, 0.25) is 0 Å². The number of aryl methyl sites for hydroxylation is 1. The summed E-state index contributed by atoms with van der Waals surface area (Å²) in [4.78, 5) is 15.0. The fourth-order valence-corrected chi connectivity index (χ4v) is 2.78. The maximum absolute atomic E-state index is 12.9. The largest absolute Gasteiger partial charge is 0.309 e. The monoisotopic (exact) mass is 289 g/mol. The third-order valence-electron chi connectivity index (χ3n) is 4.16. The van der Waals surface area contributed by atoms with Gasteiger partial charge in [-0.15, -0.1) is 0 Å². The summed E-state index contributed by atoms with van der Waals surface area (Å²) >= 11 is 0. The van der Waals surface area contributed by atoms with Gasteiger partial charge in [-0.3, -0.25) is 4.79 Å². The van der Waals surface area contributed by atoms with E-state index in [1.807, 2.05) is 6.92 Å². The predicted octanol–water partition coefficient (Wildman–Crippen LogP) is 5.34. The summed E-state index contributed by atoms with van der Waals surface area (Å²) in [7, 11) is 0. The van der Waals surface area contributed by atoms with Crippen LogP contribution in [0.25, 0.3) is 0 Å². The van der Waals surface area contributed by atoms with Crippen molar-refractivity contribution in [3.05, 3.63) is 29.8 Å². The normalized spacial score (nSPS) is 12.5. The summed E-state index contributed by atoms with van der Waals surface area (Å²) in [5.41, 5.74) is 2.27. The van der Waals surface area contributed by atoms with Crippen LogP contribution in [-0.4, -0.2) is 11.9 Å². The van der Waals surface area contributed by atoms with E-state index in [9.17, 15) is 4.79 Å². The number of hydrogen-bond donors (Lipinski definition) is 0. The van der Waals surface area contributed by atoms with Gasteiger partial charge in [-0.05, 0) is 43.9 Å². The lowest BCUT2D eigenvalue weighted by molar-refractivity contribution is -0.122. The molecule has 0 saturated heterocycles. The Morgan fingerprint density at radius 3 is 2.24 bits per heavy atom. The van der Waals surface area contributed by atoms with Gasteiger partial charge in [0.2, 0.25) is 5.91 Å². The quantitative estimate of drug-likeness (QED) is 0.632. The van der Waals surface area contributed by atoms with Crippen LogP contribution in [-0.2, 0) is 4.79 Å². The van der Waals surface area contributed by atoms with E-state index in [0.717, 1.165) is 37.8 Å². The van der Waals surface area contributed by atoms with Crippen molar-refractivity contribution in [2.75, 3.05) is 4.90 Å². The smallest absolute Gasteiger partial charge is 0.230 e. The molecule has 0 N–H and O–H groups in total. The molecular formula is C19H31NO. The van der Waals surface area contributed by atoms with E-state index < -0.39 is 0 Å². The molecule has 1 amide bonds. The first kappa shape index (κ1) is 17.7. The Hall–Kier alpha value is -1.31. The van der Waals surface area contributed by atoms with Gasteiger partial charge in [0.1, 0.15) is 0 Å². The number of benzene rings is 1. The first-order chi connectivity index (χ1) is 10.0. The molecule has 2 nitrogen and oxygen atoms in total. The Bertz CT molecular complexity index is 435. The van der Waals surface area contributed by atoms with Crippen LogP contribution in [0.4, 0.5) is 5.69 Å². The molecule has 0 aromatic heterocycles. The third kappa shape index (κ3) is 4.87. The third-order valence-corrected chi connectivity index (χ3v) is 4.16. The molecule has 0 fully saturated rings. The Balaban J connectivity index is 3.17. The average Bonchev–Trinajstić information content (AvgIpc) is 2.47. The molecule has 0 bridgehead atoms. The molecule has 0 aliphatic rings. The van der Waals surface area contributed by atoms with Crippen molar-refractivity contribution in [2.24, 2.45) is 5.92 Å². The number of carbonyl (C=O) groups excluding carboxylic acids is 1. The first-order valence-electron chi connectivity index (χ1n) is 8.44. The van der Waals surface area contributed by atoms with Gasteiger partial charge in [0.25, 0.3) is 0 Å². The van der Waals surface area contributed by atoms with Crippen LogP contribution in [0.15, 0.2) is 24.3 Å². The van der Waals surface area contributed by atoms with E-state index in [1.54, 1.807) is 0 Å². The molecule has 0 aliphatic heterocycles. The Morgan fingerprint density at radius 2 is 1.76 bits per heavy atom. The molecule has 1 rings (SSSR count). The molecule has 1 aromatic rings. The Morgan fingerprint density at radius 1 is 1.14 bits per heavy atom. The summed E-state index contributed by atoms with van der Waals surface area (Å²) in [5, 5.41) is 0. The molecule has 21 heavy (non-hydrogen) atoms. The molecule has 0 aliphatic carbocycles. The van der Waals surface area contributed by atoms with Crippen molar-refractivity contribution < 1.29 is 4.79 Å². The zero-order valence-electron chi connectivity index (χ0n) is 14.4. The summed E-state index contributed by atoms with van der Waals surface area (Å²) in [6.45, 7) is 10.6. The Labute approximate surface area is 130 Å². The number of amides is 1. The highest BCUT2D eigenvalue weighted by Gasteiger charge is 2.27. The van der Waals surface area contributed by atoms with Gasteiger partial charge in [0.15, 0.2) is 0 Å². The predicted molar refractivity (Wildman–Crippen MR) is 91.7 cm³/mol. The van der Waals surface area contributed by atoms with Crippen molar-refractivity contribution in [3.8, 4) is 0 Å². The van der Waals surface area contributed by atoms with E-state index >= 15 is 0 Å². The van der Waals surface area contributed by atoms with Crippen LogP contribution in [0.3, 0.4) is 0 Å². The van der Waals surface area contributed by atoms with Crippen LogP contribution in [0, 0.1) is 12.8 Å². The second kappa shape index (κ2) is 8.86. The topological polar surface area (TPSA) is 20.3 Å². The molecule has 2 heteroatoms. The van der Waals surface area contributed by atoms with Crippen molar-refractivity contribution in [1.82, 2.24) is 0 Å². The van der Waals surface area contributed by atoms with Gasteiger partial charge >= 0.3 is 0 Å². The molecule has 0 radical (unpaired) electrons. The zero-order chi connectivity index (χ0) is 15.8. The van der Waals surface area contributed by atoms with E-state index in [1.165, 1.54) is 5.56 Å². The summed E-state index contributed by atoms with van der Waals surface area (Å²) in [6, 6.07) is 8.67. The highest BCUT2D eigenvalue weighted by atomic mass is 16.2. The number of hydrogen-bond acceptors (Lipinski definition) is 1. The molecular weight excluding hydrogens is 258 g/mol. The second-order valence-electron chi connectivity index (χ2n) is 6.09. The molecule has 0 heterocycles. The number of nitrogens with zero attached hydrogens (tertiary/aromatic N) is 1. The minimum atomic E-state index is 0.0849. The van der Waals surface area contributed by atoms with Crippen LogP contribution in [0.5, 0.6) is 0 Å². The highest BCUT2D eigenvalue weighted by molar-refractivity contribution is 5.95. The summed E-state index contributed by atoms with van der Waals surface area (Å²) < 4.78 is 0. The number of rotatable bonds is 8. The number of anilines is 1. The van der Waals surface area contributed by atoms with Crippen LogP contribution in [0.1, 0.15) is 65.4 Å². The lowest BCUT2D eigenvalue weighted by Crippen LogP contribution is -2.43. The molecule has 1 atom stereocenters. The Kier molecular flexibility index (Phi) is 7.49. The van der Waals surface area contributed by atoms with Crippen molar-refractivity contribution in [1.29, 1.82) is 0 Å². The average molecular weight is 289 g/mol. The van der Waals surface area contributed by atoms with Gasteiger partial charge in [0, 0.05) is 17.6 Å². The highest BCUT2D eigenvalue weighted by Crippen LogP contribution is 2.26. The maximum Gasteiger partial charge on any atom is 0.230 e. The van der Waals surface area contributed by atoms with Gasteiger partial charge in [0.05, 0.1) is 0 Å². The SMILES string of the molecule is CCCC(CCC)N(C(=O)C(C)CC)c1cccc(C)c1. The molecule has 0 spiro atoms. The molecule has 0 saturated carbocycles. The van der Waals surface area contributed by atoms with Gasteiger partial charge in [-0.25, -0.2) is 0 Å². The van der Waals surface area contributed by atoms with Crippen molar-refractivity contribution in [3.63, 3.8) is 0 Å². The van der Waals surface area contributed by atoms with Crippen molar-refractivity contribution in [2.45, 2.75) is 72.8 Å². The fraction of sp³-hybridized carbons (Fsp3) is 0.632. The standard InChI is InChI=1S/C19H31NO/c1-6-10-17(11-7-2)20(19(21)16(5)8-3)18-13-9-12-15(4)14-18/h9,12-14,16-17H,6-8,10-11H2,1-5H3. The maximum atomic E-state index is 12.9. The second-order valence-corrected chi connectivity index (χ2v) is 6.09. The number of carbonyl (C=O) groups is 1. The zero-order valence-corrected chi connectivity index (χ0v) is 14.4. The van der Waals surface area contributed by atoms with E-state index in [-0.39, 0.29) is 11.8 Å². The molecule has 118 valence electrons. The lowest BCUT2D eigenvalue weighted by Gasteiger charge is -2.34. The van der Waals surface area contributed by atoms with Crippen LogP contribution < -0.4 is 4.90 Å². The van der Waals surface area contributed by atoms with E-state index in [2.05, 4.69) is 56.9 Å². The van der Waals surface area contributed by atoms with Gasteiger partial charge in [-0.2, -0.15) is 0 Å². The summed E-state index contributed by atoms with van der Waals surface area (Å²) in [5.74, 6) is 0.358. The van der Waals surface area contributed by atoms with Gasteiger partial charge in [-0.1, -0.05) is 52.7 Å². The minimum Gasteiger partial charge on any atom is -0.309 e. The first-order valence-corrected chi connectivity index (χ1v) is 8.44. The fourth-order valence-electron chi connectivity index (χ4n) is 2.78. The van der Waals surface area contributed by atoms with Crippen LogP contribution >= 0.6 is 0 Å². The molecule has 1 aromatic carbocycles. The lowest BCUT2D eigenvalue weighted by atomic mass is 9.99. The van der Waals surface area contributed by atoms with Gasteiger partial charge < -0.3 is 4.90 Å². The van der Waals surface area contributed by atoms with E-state index in [0.29, 0.717) is 6.04 Å². The van der Waals surface area contributed by atoms with Crippen molar-refractivity contribution >= 4 is 11.6 Å². The van der Waals surface area contributed by atoms with E-state index in [4.69, 9.17) is 0 Å². The molecule has 1 unspecified atom stereocenters. The minimum absolute atomic E-state index is 0.0849. The summed E-state index contributed by atoms with van der Waals surface area (Å²) in [6.07, 6.45) is 5.27.